The van der Waals surface area contributed by atoms with E-state index in [-0.39, 0.29) is 17.9 Å². The zero-order valence-corrected chi connectivity index (χ0v) is 12.0. The molecule has 1 rings (SSSR count). The molecule has 0 bridgehead atoms. The van der Waals surface area contributed by atoms with Gasteiger partial charge >= 0.3 is 0 Å². The van der Waals surface area contributed by atoms with Gasteiger partial charge in [-0.2, -0.15) is 0 Å². The van der Waals surface area contributed by atoms with Crippen LogP contribution in [0.4, 0.5) is 0 Å². The summed E-state index contributed by atoms with van der Waals surface area (Å²) in [5.74, 6) is 0.372. The Morgan fingerprint density at radius 1 is 1.17 bits per heavy atom. The zero-order chi connectivity index (χ0) is 13.8. The largest absolute Gasteiger partial charge is 0.355 e. The molecule has 104 valence electrons. The highest BCUT2D eigenvalue weighted by Gasteiger charge is 2.56. The van der Waals surface area contributed by atoms with E-state index >= 15 is 0 Å². The molecule has 2 N–H and O–H groups in total. The van der Waals surface area contributed by atoms with E-state index in [1.807, 2.05) is 13.8 Å². The van der Waals surface area contributed by atoms with E-state index in [9.17, 15) is 9.59 Å². The molecule has 0 heterocycles. The monoisotopic (exact) mass is 254 g/mol. The van der Waals surface area contributed by atoms with Gasteiger partial charge in [-0.1, -0.05) is 20.8 Å². The SMILES string of the molecule is CCC(C)NC(=O)C1(C(=O)NCCC(C)C)CC1. The fourth-order valence-electron chi connectivity index (χ4n) is 1.79. The van der Waals surface area contributed by atoms with Crippen molar-refractivity contribution in [2.75, 3.05) is 6.54 Å². The highest BCUT2D eigenvalue weighted by Crippen LogP contribution is 2.46. The second-order valence-corrected chi connectivity index (χ2v) is 5.80. The minimum absolute atomic E-state index is 0.0936. The molecule has 0 radical (unpaired) electrons. The molecule has 1 atom stereocenters. The molecular weight excluding hydrogens is 228 g/mol. The third-order valence-corrected chi connectivity index (χ3v) is 3.62. The first kappa shape index (κ1) is 15.0. The van der Waals surface area contributed by atoms with Crippen LogP contribution in [0.3, 0.4) is 0 Å². The maximum Gasteiger partial charge on any atom is 0.235 e. The molecule has 1 aliphatic rings. The second kappa shape index (κ2) is 6.21. The van der Waals surface area contributed by atoms with Gasteiger partial charge in [-0.15, -0.1) is 0 Å². The highest BCUT2D eigenvalue weighted by molar-refractivity contribution is 6.07. The van der Waals surface area contributed by atoms with Crippen LogP contribution in [0.2, 0.25) is 0 Å². The van der Waals surface area contributed by atoms with E-state index in [1.54, 1.807) is 0 Å². The molecular formula is C14H26N2O2. The van der Waals surface area contributed by atoms with Gasteiger partial charge in [0, 0.05) is 12.6 Å². The molecule has 1 fully saturated rings. The fourth-order valence-corrected chi connectivity index (χ4v) is 1.79. The smallest absolute Gasteiger partial charge is 0.235 e. The van der Waals surface area contributed by atoms with Crippen LogP contribution in [0.1, 0.15) is 53.4 Å². The van der Waals surface area contributed by atoms with E-state index in [0.29, 0.717) is 25.3 Å². The lowest BCUT2D eigenvalue weighted by Gasteiger charge is -2.18. The molecule has 0 aromatic heterocycles. The molecule has 1 saturated carbocycles. The number of rotatable bonds is 7. The van der Waals surface area contributed by atoms with E-state index in [1.165, 1.54) is 0 Å². The van der Waals surface area contributed by atoms with Gasteiger partial charge in [0.2, 0.25) is 11.8 Å². The minimum Gasteiger partial charge on any atom is -0.355 e. The number of carbonyl (C=O) groups is 2. The minimum atomic E-state index is -0.763. The maximum atomic E-state index is 12.1. The number of hydrogen-bond donors (Lipinski definition) is 2. The quantitative estimate of drug-likeness (QED) is 0.681. The van der Waals surface area contributed by atoms with Crippen molar-refractivity contribution in [3.05, 3.63) is 0 Å². The summed E-state index contributed by atoms with van der Waals surface area (Å²) in [6.45, 7) is 8.89. The van der Waals surface area contributed by atoms with Crippen LogP contribution in [0.15, 0.2) is 0 Å². The van der Waals surface area contributed by atoms with Crippen molar-refractivity contribution in [3.63, 3.8) is 0 Å². The van der Waals surface area contributed by atoms with Crippen LogP contribution in [-0.4, -0.2) is 24.4 Å². The Morgan fingerprint density at radius 2 is 1.78 bits per heavy atom. The molecule has 0 spiro atoms. The van der Waals surface area contributed by atoms with Gasteiger partial charge in [-0.3, -0.25) is 9.59 Å². The summed E-state index contributed by atoms with van der Waals surface area (Å²) < 4.78 is 0. The van der Waals surface area contributed by atoms with Gasteiger partial charge in [0.15, 0.2) is 0 Å². The molecule has 0 aromatic carbocycles. The van der Waals surface area contributed by atoms with Crippen LogP contribution in [0, 0.1) is 11.3 Å². The Kier molecular flexibility index (Phi) is 5.17. The van der Waals surface area contributed by atoms with Gasteiger partial charge in [-0.05, 0) is 38.5 Å². The summed E-state index contributed by atoms with van der Waals surface area (Å²) in [6, 6.07) is 0.137. The fraction of sp³-hybridized carbons (Fsp3) is 0.857. The summed E-state index contributed by atoms with van der Waals surface area (Å²) in [6.07, 6.45) is 3.21. The van der Waals surface area contributed by atoms with Crippen molar-refractivity contribution in [2.45, 2.75) is 59.4 Å². The normalized spacial score (nSPS) is 18.3. The van der Waals surface area contributed by atoms with Crippen LogP contribution >= 0.6 is 0 Å². The van der Waals surface area contributed by atoms with Crippen molar-refractivity contribution >= 4 is 11.8 Å². The third kappa shape index (κ3) is 3.72. The van der Waals surface area contributed by atoms with Crippen molar-refractivity contribution in [1.82, 2.24) is 10.6 Å². The average molecular weight is 254 g/mol. The van der Waals surface area contributed by atoms with E-state index in [2.05, 4.69) is 24.5 Å². The van der Waals surface area contributed by atoms with Crippen molar-refractivity contribution in [1.29, 1.82) is 0 Å². The highest BCUT2D eigenvalue weighted by atomic mass is 16.2. The topological polar surface area (TPSA) is 58.2 Å². The lowest BCUT2D eigenvalue weighted by molar-refractivity contribution is -0.137. The Hall–Kier alpha value is -1.06. The second-order valence-electron chi connectivity index (χ2n) is 5.80. The Balaban J connectivity index is 2.43. The van der Waals surface area contributed by atoms with E-state index in [4.69, 9.17) is 0 Å². The number of nitrogens with one attached hydrogen (secondary N) is 2. The standard InChI is InChI=1S/C14H26N2O2/c1-5-11(4)16-13(18)14(7-8-14)12(17)15-9-6-10(2)3/h10-11H,5-9H2,1-4H3,(H,15,17)(H,16,18). The molecule has 1 unspecified atom stereocenters. The van der Waals surface area contributed by atoms with Crippen molar-refractivity contribution < 1.29 is 9.59 Å². The summed E-state index contributed by atoms with van der Waals surface area (Å²) in [4.78, 5) is 24.1. The number of hydrogen-bond acceptors (Lipinski definition) is 2. The first-order valence-corrected chi connectivity index (χ1v) is 7.01. The summed E-state index contributed by atoms with van der Waals surface area (Å²) in [5, 5.41) is 5.80. The zero-order valence-electron chi connectivity index (χ0n) is 12.0. The van der Waals surface area contributed by atoms with Crippen molar-refractivity contribution in [3.8, 4) is 0 Å². The number of amides is 2. The molecule has 2 amide bonds. The van der Waals surface area contributed by atoms with Gasteiger partial charge in [0.25, 0.3) is 0 Å². The lowest BCUT2D eigenvalue weighted by Crippen LogP contribution is -2.45. The summed E-state index contributed by atoms with van der Waals surface area (Å²) in [5.41, 5.74) is -0.763. The first-order valence-electron chi connectivity index (χ1n) is 7.01. The summed E-state index contributed by atoms with van der Waals surface area (Å²) in [7, 11) is 0. The van der Waals surface area contributed by atoms with Crippen LogP contribution < -0.4 is 10.6 Å². The predicted molar refractivity (Wildman–Crippen MR) is 72.0 cm³/mol. The van der Waals surface area contributed by atoms with Gasteiger partial charge in [0.05, 0.1) is 0 Å². The van der Waals surface area contributed by atoms with E-state index in [0.717, 1.165) is 12.8 Å². The van der Waals surface area contributed by atoms with Crippen molar-refractivity contribution in [2.24, 2.45) is 11.3 Å². The molecule has 18 heavy (non-hydrogen) atoms. The average Bonchev–Trinajstić information content (AvgIpc) is 3.09. The number of carbonyl (C=O) groups excluding carboxylic acids is 2. The molecule has 4 heteroatoms. The Labute approximate surface area is 110 Å². The maximum absolute atomic E-state index is 12.1. The molecule has 0 aliphatic heterocycles. The van der Waals surface area contributed by atoms with Crippen LogP contribution in [-0.2, 0) is 9.59 Å². The molecule has 0 saturated heterocycles. The van der Waals surface area contributed by atoms with Gasteiger partial charge in [-0.25, -0.2) is 0 Å². The molecule has 1 aliphatic carbocycles. The van der Waals surface area contributed by atoms with E-state index < -0.39 is 5.41 Å². The molecule has 0 aromatic rings. The van der Waals surface area contributed by atoms with Gasteiger partial charge in [0.1, 0.15) is 5.41 Å². The molecule has 4 nitrogen and oxygen atoms in total. The Morgan fingerprint density at radius 3 is 2.22 bits per heavy atom. The van der Waals surface area contributed by atoms with Crippen LogP contribution in [0.5, 0.6) is 0 Å². The predicted octanol–water partition coefficient (Wildman–Crippen LogP) is 1.84. The Bertz CT molecular complexity index is 309. The summed E-state index contributed by atoms with van der Waals surface area (Å²) >= 11 is 0. The third-order valence-electron chi connectivity index (χ3n) is 3.62. The first-order chi connectivity index (χ1) is 8.42. The lowest BCUT2D eigenvalue weighted by atomic mass is 10.0. The van der Waals surface area contributed by atoms with Crippen LogP contribution in [0.25, 0.3) is 0 Å². The van der Waals surface area contributed by atoms with Gasteiger partial charge < -0.3 is 10.6 Å².